The van der Waals surface area contributed by atoms with Gasteiger partial charge < -0.3 is 10.3 Å². The molecule has 1 aromatic carbocycles. The topological polar surface area (TPSA) is 43.8 Å². The predicted molar refractivity (Wildman–Crippen MR) is 75.7 cm³/mol. The SMILES string of the molecule is CCc1nc(Cc2ccccc2)c(N)n1C(C)C. The molecule has 1 heterocycles. The maximum atomic E-state index is 6.23. The zero-order valence-electron chi connectivity index (χ0n) is 11.4. The van der Waals surface area contributed by atoms with Gasteiger partial charge in [0.25, 0.3) is 0 Å². The second-order valence-electron chi connectivity index (χ2n) is 4.84. The molecule has 18 heavy (non-hydrogen) atoms. The van der Waals surface area contributed by atoms with Crippen molar-refractivity contribution in [2.75, 3.05) is 5.73 Å². The predicted octanol–water partition coefficient (Wildman–Crippen LogP) is 3.20. The number of aryl methyl sites for hydroxylation is 1. The third-order valence-electron chi connectivity index (χ3n) is 3.14. The Morgan fingerprint density at radius 3 is 2.39 bits per heavy atom. The van der Waals surface area contributed by atoms with Crippen LogP contribution in [0.15, 0.2) is 30.3 Å². The van der Waals surface area contributed by atoms with Crippen molar-refractivity contribution in [1.82, 2.24) is 9.55 Å². The Labute approximate surface area is 109 Å². The Balaban J connectivity index is 2.35. The standard InChI is InChI=1S/C15H21N3/c1-4-14-17-13(15(16)18(14)11(2)3)10-12-8-6-5-7-9-12/h5-9,11H,4,10,16H2,1-3H3. The molecule has 0 bridgehead atoms. The number of anilines is 1. The van der Waals surface area contributed by atoms with E-state index in [2.05, 4.69) is 42.5 Å². The maximum absolute atomic E-state index is 6.23. The summed E-state index contributed by atoms with van der Waals surface area (Å²) in [7, 11) is 0. The Morgan fingerprint density at radius 2 is 1.89 bits per heavy atom. The van der Waals surface area contributed by atoms with Crippen molar-refractivity contribution in [2.45, 2.75) is 39.7 Å². The largest absolute Gasteiger partial charge is 0.384 e. The van der Waals surface area contributed by atoms with E-state index in [1.807, 2.05) is 18.2 Å². The molecular formula is C15H21N3. The Morgan fingerprint density at radius 1 is 1.22 bits per heavy atom. The normalized spacial score (nSPS) is 11.1. The first-order valence-electron chi connectivity index (χ1n) is 6.52. The molecule has 96 valence electrons. The van der Waals surface area contributed by atoms with Crippen LogP contribution in [0.4, 0.5) is 5.82 Å². The number of aromatic nitrogens is 2. The first-order valence-corrected chi connectivity index (χ1v) is 6.52. The summed E-state index contributed by atoms with van der Waals surface area (Å²) in [5.74, 6) is 1.89. The summed E-state index contributed by atoms with van der Waals surface area (Å²) in [5.41, 5.74) is 8.47. The van der Waals surface area contributed by atoms with E-state index in [1.165, 1.54) is 5.56 Å². The summed E-state index contributed by atoms with van der Waals surface area (Å²) in [6, 6.07) is 10.7. The molecule has 0 amide bonds. The molecule has 0 spiro atoms. The van der Waals surface area contributed by atoms with E-state index in [4.69, 9.17) is 5.73 Å². The first kappa shape index (κ1) is 12.7. The summed E-state index contributed by atoms with van der Waals surface area (Å²) >= 11 is 0. The van der Waals surface area contributed by atoms with Gasteiger partial charge in [-0.2, -0.15) is 0 Å². The van der Waals surface area contributed by atoms with Gasteiger partial charge in [0.15, 0.2) is 0 Å². The number of nitrogens with two attached hydrogens (primary N) is 1. The van der Waals surface area contributed by atoms with Crippen molar-refractivity contribution in [3.8, 4) is 0 Å². The van der Waals surface area contributed by atoms with Gasteiger partial charge in [-0.1, -0.05) is 37.3 Å². The summed E-state index contributed by atoms with van der Waals surface area (Å²) in [5, 5.41) is 0. The van der Waals surface area contributed by atoms with Crippen molar-refractivity contribution in [3.05, 3.63) is 47.4 Å². The van der Waals surface area contributed by atoms with E-state index in [1.54, 1.807) is 0 Å². The second-order valence-corrected chi connectivity index (χ2v) is 4.84. The number of benzene rings is 1. The fourth-order valence-corrected chi connectivity index (χ4v) is 2.29. The molecule has 0 radical (unpaired) electrons. The van der Waals surface area contributed by atoms with Crippen LogP contribution < -0.4 is 5.73 Å². The molecule has 0 saturated heterocycles. The van der Waals surface area contributed by atoms with Gasteiger partial charge in [-0.15, -0.1) is 0 Å². The lowest BCUT2D eigenvalue weighted by molar-refractivity contribution is 0.579. The molecule has 1 aromatic heterocycles. The number of hydrogen-bond donors (Lipinski definition) is 1. The van der Waals surface area contributed by atoms with E-state index in [-0.39, 0.29) is 0 Å². The van der Waals surface area contributed by atoms with Crippen LogP contribution in [0.1, 0.15) is 43.9 Å². The van der Waals surface area contributed by atoms with Crippen LogP contribution in [0.3, 0.4) is 0 Å². The average molecular weight is 243 g/mol. The van der Waals surface area contributed by atoms with Crippen LogP contribution in [-0.2, 0) is 12.8 Å². The van der Waals surface area contributed by atoms with Gasteiger partial charge in [-0.25, -0.2) is 4.98 Å². The minimum Gasteiger partial charge on any atom is -0.384 e. The number of nitrogen functional groups attached to an aromatic ring is 1. The summed E-state index contributed by atoms with van der Waals surface area (Å²) in [4.78, 5) is 4.68. The molecule has 0 unspecified atom stereocenters. The highest BCUT2D eigenvalue weighted by molar-refractivity contribution is 5.41. The molecule has 0 aliphatic heterocycles. The van der Waals surface area contributed by atoms with Crippen molar-refractivity contribution < 1.29 is 0 Å². The molecular weight excluding hydrogens is 222 g/mol. The summed E-state index contributed by atoms with van der Waals surface area (Å²) < 4.78 is 2.14. The molecule has 2 aromatic rings. The second kappa shape index (κ2) is 5.25. The van der Waals surface area contributed by atoms with Gasteiger partial charge in [-0.3, -0.25) is 0 Å². The van der Waals surface area contributed by atoms with Gasteiger partial charge in [0.05, 0.1) is 5.69 Å². The van der Waals surface area contributed by atoms with Crippen LogP contribution >= 0.6 is 0 Å². The van der Waals surface area contributed by atoms with Crippen LogP contribution in [0.25, 0.3) is 0 Å². The molecule has 3 heteroatoms. The molecule has 3 nitrogen and oxygen atoms in total. The fraction of sp³-hybridized carbons (Fsp3) is 0.400. The number of nitrogens with zero attached hydrogens (tertiary/aromatic N) is 2. The zero-order chi connectivity index (χ0) is 13.1. The molecule has 0 saturated carbocycles. The summed E-state index contributed by atoms with van der Waals surface area (Å²) in [6.45, 7) is 6.40. The molecule has 0 aliphatic carbocycles. The average Bonchev–Trinajstić information content (AvgIpc) is 2.67. The van der Waals surface area contributed by atoms with Crippen molar-refractivity contribution >= 4 is 5.82 Å². The van der Waals surface area contributed by atoms with Gasteiger partial charge in [-0.05, 0) is 19.4 Å². The highest BCUT2D eigenvalue weighted by atomic mass is 15.2. The quantitative estimate of drug-likeness (QED) is 0.896. The smallest absolute Gasteiger partial charge is 0.127 e. The van der Waals surface area contributed by atoms with Crippen LogP contribution in [0.5, 0.6) is 0 Å². The van der Waals surface area contributed by atoms with E-state index >= 15 is 0 Å². The molecule has 0 atom stereocenters. The molecule has 2 rings (SSSR count). The minimum absolute atomic E-state index is 0.358. The van der Waals surface area contributed by atoms with E-state index in [0.29, 0.717) is 6.04 Å². The Kier molecular flexibility index (Phi) is 3.70. The number of rotatable bonds is 4. The van der Waals surface area contributed by atoms with Crippen molar-refractivity contribution in [1.29, 1.82) is 0 Å². The third-order valence-corrected chi connectivity index (χ3v) is 3.14. The number of imidazole rings is 1. The fourth-order valence-electron chi connectivity index (χ4n) is 2.29. The lowest BCUT2D eigenvalue weighted by Crippen LogP contribution is -2.09. The van der Waals surface area contributed by atoms with Crippen LogP contribution in [-0.4, -0.2) is 9.55 Å². The maximum Gasteiger partial charge on any atom is 0.127 e. The zero-order valence-corrected chi connectivity index (χ0v) is 11.4. The van der Waals surface area contributed by atoms with Gasteiger partial charge in [0.1, 0.15) is 11.6 Å². The van der Waals surface area contributed by atoms with E-state index in [0.717, 1.165) is 30.2 Å². The third kappa shape index (κ3) is 2.40. The van der Waals surface area contributed by atoms with Gasteiger partial charge in [0.2, 0.25) is 0 Å². The lowest BCUT2D eigenvalue weighted by atomic mass is 10.1. The Hall–Kier alpha value is -1.77. The van der Waals surface area contributed by atoms with E-state index in [9.17, 15) is 0 Å². The van der Waals surface area contributed by atoms with Crippen LogP contribution in [0, 0.1) is 0 Å². The Bertz CT molecular complexity index is 512. The highest BCUT2D eigenvalue weighted by Gasteiger charge is 2.15. The van der Waals surface area contributed by atoms with Crippen molar-refractivity contribution in [2.24, 2.45) is 0 Å². The monoisotopic (exact) mass is 243 g/mol. The lowest BCUT2D eigenvalue weighted by Gasteiger charge is -2.12. The minimum atomic E-state index is 0.358. The van der Waals surface area contributed by atoms with E-state index < -0.39 is 0 Å². The van der Waals surface area contributed by atoms with Crippen molar-refractivity contribution in [3.63, 3.8) is 0 Å². The molecule has 0 fully saturated rings. The molecule has 2 N–H and O–H groups in total. The van der Waals surface area contributed by atoms with Crippen LogP contribution in [0.2, 0.25) is 0 Å². The molecule has 0 aliphatic rings. The highest BCUT2D eigenvalue weighted by Crippen LogP contribution is 2.22. The number of hydrogen-bond acceptors (Lipinski definition) is 2. The first-order chi connectivity index (χ1) is 8.63. The summed E-state index contributed by atoms with van der Waals surface area (Å²) in [6.07, 6.45) is 1.72. The van der Waals surface area contributed by atoms with Gasteiger partial charge in [0, 0.05) is 18.9 Å². The van der Waals surface area contributed by atoms with Gasteiger partial charge >= 0.3 is 0 Å².